The van der Waals surface area contributed by atoms with Gasteiger partial charge < -0.3 is 71.3 Å². The van der Waals surface area contributed by atoms with Crippen LogP contribution in [0, 0.1) is 60.1 Å². The average Bonchev–Trinajstić information content (AvgIpc) is 1.99. The number of halogens is 1. The van der Waals surface area contributed by atoms with Gasteiger partial charge in [0.2, 0.25) is 5.82 Å². The van der Waals surface area contributed by atoms with Crippen molar-refractivity contribution in [3.05, 3.63) is 91.1 Å². The van der Waals surface area contributed by atoms with Crippen LogP contribution in [0.25, 0.3) is 22.3 Å². The molecular weight excluding hydrogens is 1260 g/mol. The molecule has 4 fully saturated rings. The average molecular weight is 1320 g/mol. The molecular formula is C54H61IN16O16. The molecule has 33 heteroatoms. The van der Waals surface area contributed by atoms with E-state index in [1.54, 1.807) is 23.6 Å². The van der Waals surface area contributed by atoms with Crippen molar-refractivity contribution in [3.63, 3.8) is 0 Å². The molecule has 2 aromatic carbocycles. The number of nitro groups is 2. The fourth-order valence-electron chi connectivity index (χ4n) is 9.72. The largest absolute Gasteiger partial charge is 0.415 e. The third-order valence-electron chi connectivity index (χ3n) is 14.4. The van der Waals surface area contributed by atoms with Crippen LogP contribution in [-0.4, -0.2) is 179 Å². The van der Waals surface area contributed by atoms with Crippen LogP contribution in [0.15, 0.2) is 61.2 Å². The SMILES string of the molecule is C#CCC1CCN(C(=O)Oc2ccc([N+](=O)[O-])cc2)CC1.CCNC(=O)[C@H]1O[C@@H](n2cnc3c(N)nc(C#CCC4CCN(C(=O)Oc5ccc([N+](=O)[O-])cc5)CC4)nc32)C(O)[C@H]1O.CCNC(=O)[C@H]1O[C@@H](n2cnc3c(N)nc(I)nc32)C(O)[C@H]1O. The summed E-state index contributed by atoms with van der Waals surface area (Å²) in [5.74, 6) is 9.21. The molecule has 4 aromatic heterocycles. The number of ether oxygens (including phenoxy) is 4. The summed E-state index contributed by atoms with van der Waals surface area (Å²) < 4.78 is 25.0. The normalized spacial score (nSPS) is 21.9. The number of terminal acetylenes is 1. The van der Waals surface area contributed by atoms with Crippen molar-refractivity contribution >= 4 is 91.9 Å². The van der Waals surface area contributed by atoms with E-state index < -0.39 is 82.9 Å². The summed E-state index contributed by atoms with van der Waals surface area (Å²) in [5, 5.41) is 67.7. The van der Waals surface area contributed by atoms with Crippen LogP contribution in [-0.2, 0) is 19.1 Å². The summed E-state index contributed by atoms with van der Waals surface area (Å²) in [6, 6.07) is 10.8. The van der Waals surface area contributed by atoms with Gasteiger partial charge in [0.15, 0.2) is 51.4 Å². The highest BCUT2D eigenvalue weighted by atomic mass is 127. The third-order valence-corrected chi connectivity index (χ3v) is 14.8. The number of non-ortho nitro benzene ring substituents is 2. The smallest absolute Gasteiger partial charge is 0.410 e. The molecule has 87 heavy (non-hydrogen) atoms. The van der Waals surface area contributed by atoms with Crippen LogP contribution >= 0.6 is 22.6 Å². The number of nitrogens with zero attached hydrogens (tertiary/aromatic N) is 12. The Labute approximate surface area is 508 Å². The lowest BCUT2D eigenvalue weighted by molar-refractivity contribution is -0.385. The number of piperidine rings is 2. The Bertz CT molecular complexity index is 3580. The summed E-state index contributed by atoms with van der Waals surface area (Å²) in [4.78, 5) is 97.3. The third kappa shape index (κ3) is 15.4. The molecule has 10 rings (SSSR count). The van der Waals surface area contributed by atoms with E-state index >= 15 is 0 Å². The van der Waals surface area contributed by atoms with E-state index in [-0.39, 0.29) is 51.7 Å². The van der Waals surface area contributed by atoms with E-state index in [1.807, 2.05) is 22.6 Å². The highest BCUT2D eigenvalue weighted by Gasteiger charge is 2.49. The van der Waals surface area contributed by atoms with Crippen LogP contribution in [0.4, 0.5) is 32.6 Å². The first-order valence-electron chi connectivity index (χ1n) is 27.3. The number of carbonyl (C=O) groups is 4. The fourth-order valence-corrected chi connectivity index (χ4v) is 10.2. The molecule has 460 valence electrons. The predicted molar refractivity (Wildman–Crippen MR) is 313 cm³/mol. The summed E-state index contributed by atoms with van der Waals surface area (Å²) in [5.41, 5.74) is 13.0. The van der Waals surface area contributed by atoms with Crippen LogP contribution in [0.5, 0.6) is 11.5 Å². The maximum atomic E-state index is 12.5. The van der Waals surface area contributed by atoms with E-state index in [0.717, 1.165) is 19.3 Å². The van der Waals surface area contributed by atoms with Gasteiger partial charge >= 0.3 is 12.2 Å². The van der Waals surface area contributed by atoms with Gasteiger partial charge in [-0.25, -0.2) is 39.5 Å². The van der Waals surface area contributed by atoms with Crippen molar-refractivity contribution in [2.45, 2.75) is 101 Å². The summed E-state index contributed by atoms with van der Waals surface area (Å²) in [6.07, 6.45) is 1.33. The second kappa shape index (κ2) is 28.9. The van der Waals surface area contributed by atoms with Gasteiger partial charge in [-0.2, -0.15) is 0 Å². The molecule has 2 unspecified atom stereocenters. The Morgan fingerprint density at radius 2 is 1.08 bits per heavy atom. The number of fused-ring (bicyclic) bond motifs is 2. The lowest BCUT2D eigenvalue weighted by atomic mass is 9.94. The van der Waals surface area contributed by atoms with Gasteiger partial charge in [-0.05, 0) is 81.6 Å². The molecule has 0 aliphatic carbocycles. The molecule has 6 aromatic rings. The van der Waals surface area contributed by atoms with Crippen molar-refractivity contribution < 1.29 is 68.4 Å². The van der Waals surface area contributed by atoms with Crippen LogP contribution in [0.2, 0.25) is 0 Å². The van der Waals surface area contributed by atoms with E-state index in [4.69, 9.17) is 36.8 Å². The number of nitrogens with two attached hydrogens (primary N) is 2. The first-order valence-corrected chi connectivity index (χ1v) is 28.4. The van der Waals surface area contributed by atoms with Crippen molar-refractivity contribution in [2.24, 2.45) is 11.8 Å². The zero-order chi connectivity index (χ0) is 62.6. The quantitative estimate of drug-likeness (QED) is 0.0286. The molecule has 4 aliphatic rings. The number of hydrogen-bond acceptors (Lipinski definition) is 24. The monoisotopic (exact) mass is 1320 g/mol. The number of anilines is 2. The molecule has 0 spiro atoms. The lowest BCUT2D eigenvalue weighted by Gasteiger charge is -2.30. The molecule has 8 heterocycles. The molecule has 4 aliphatic heterocycles. The molecule has 0 bridgehead atoms. The van der Waals surface area contributed by atoms with Crippen molar-refractivity contribution in [1.29, 1.82) is 0 Å². The summed E-state index contributed by atoms with van der Waals surface area (Å²) >= 11 is 1.91. The van der Waals surface area contributed by atoms with Crippen LogP contribution in [0.3, 0.4) is 0 Å². The van der Waals surface area contributed by atoms with Gasteiger partial charge in [-0.3, -0.25) is 39.0 Å². The van der Waals surface area contributed by atoms with Crippen LogP contribution in [0.1, 0.15) is 70.7 Å². The number of benzene rings is 2. The van der Waals surface area contributed by atoms with Gasteiger partial charge in [-0.15, -0.1) is 12.3 Å². The Hall–Kier alpha value is -8.97. The number of aliphatic hydroxyl groups excluding tert-OH is 4. The summed E-state index contributed by atoms with van der Waals surface area (Å²) in [6.45, 7) is 6.39. The Morgan fingerprint density at radius 3 is 1.49 bits per heavy atom. The first-order chi connectivity index (χ1) is 41.7. The number of likely N-dealkylation sites (tertiary alicyclic amines) is 2. The zero-order valence-corrected chi connectivity index (χ0v) is 48.9. The molecule has 10 N–H and O–H groups in total. The van der Waals surface area contributed by atoms with Gasteiger partial charge in [0.25, 0.3) is 23.2 Å². The van der Waals surface area contributed by atoms with E-state index in [9.17, 15) is 59.8 Å². The lowest BCUT2D eigenvalue weighted by Crippen LogP contribution is -2.42. The topological polar surface area (TPSA) is 442 Å². The molecule has 0 radical (unpaired) electrons. The highest BCUT2D eigenvalue weighted by molar-refractivity contribution is 14.1. The fraction of sp³-hybridized carbons (Fsp3) is 0.444. The minimum Gasteiger partial charge on any atom is -0.410 e. The number of hydrogen-bond donors (Lipinski definition) is 8. The predicted octanol–water partition coefficient (Wildman–Crippen LogP) is 2.32. The first kappa shape index (κ1) is 64.0. The van der Waals surface area contributed by atoms with Gasteiger partial charge in [0.1, 0.15) is 46.9 Å². The number of likely N-dealkylation sites (N-methyl/N-ethyl adjacent to an activating group) is 2. The van der Waals surface area contributed by atoms with Gasteiger partial charge in [0, 0.05) is 99.0 Å². The van der Waals surface area contributed by atoms with Crippen molar-refractivity contribution in [2.75, 3.05) is 50.7 Å². The maximum Gasteiger partial charge on any atom is 0.415 e. The number of aliphatic hydroxyl groups is 4. The number of nitro benzene ring substituents is 2. The number of aromatic nitrogens is 8. The highest BCUT2D eigenvalue weighted by Crippen LogP contribution is 2.35. The van der Waals surface area contributed by atoms with Gasteiger partial charge in [-0.1, -0.05) is 5.92 Å². The standard InChI is InChI=1S/C27H30N8O8.C15H16N2O4.C12H15IN6O4/c1-2-29-25(38)22-20(36)21(37)26(43-22)34-14-30-19-23(28)31-18(32-24(19)34)5-3-4-15-10-12-33(13-11-15)27(39)42-17-8-6-16(7-9-17)35(40)41;1-2-3-12-8-10-16(11-9-12)15(18)21-14-6-4-13(5-7-14)17(19)20;1-2-15-10(22)7-5(20)6(21)11(23-7)19-3-16-4-8(14)17-12(13)18-9(4)19/h6-9,14-15,20-22,26,36-37H,2,4,10-13H2,1H3,(H,29,38)(H2,28,31,32);1,4-7,12H,3,8-11H2;3,5-7,11,20-21H,2H2,1H3,(H,15,22)(H2,14,17,18)/t20-,21?,22+,26-;;5-,6?,7+,11-/m1.1/s1. The second-order valence-electron chi connectivity index (χ2n) is 20.1. The molecule has 32 nitrogen and oxygen atoms in total. The summed E-state index contributed by atoms with van der Waals surface area (Å²) in [7, 11) is 0. The molecule has 0 saturated carbocycles. The number of rotatable bonds is 12. The Morgan fingerprint density at radius 1 is 0.667 bits per heavy atom. The van der Waals surface area contributed by atoms with Crippen molar-refractivity contribution in [1.82, 2.24) is 59.5 Å². The van der Waals surface area contributed by atoms with Crippen LogP contribution < -0.4 is 31.6 Å². The number of nitrogens with one attached hydrogen (secondary N) is 2. The minimum atomic E-state index is -1.46. The van der Waals surface area contributed by atoms with E-state index in [1.165, 1.54) is 70.3 Å². The maximum absolute atomic E-state index is 12.5. The number of imidazole rings is 2. The second-order valence-corrected chi connectivity index (χ2v) is 21.1. The zero-order valence-electron chi connectivity index (χ0n) is 46.7. The number of nitrogen functional groups attached to an aromatic ring is 2. The Balaban J connectivity index is 0.000000187. The number of amides is 4. The van der Waals surface area contributed by atoms with Gasteiger partial charge in [0.05, 0.1) is 22.5 Å². The van der Waals surface area contributed by atoms with E-state index in [2.05, 4.69) is 58.3 Å². The molecule has 8 atom stereocenters. The van der Waals surface area contributed by atoms with Crippen molar-refractivity contribution in [3.8, 4) is 35.7 Å². The minimum absolute atomic E-state index is 0.0371. The molecule has 4 saturated heterocycles. The Kier molecular flexibility index (Phi) is 21.3. The van der Waals surface area contributed by atoms with E-state index in [0.29, 0.717) is 85.2 Å². The number of carbonyl (C=O) groups excluding carboxylic acids is 4. The molecule has 4 amide bonds.